The first-order valence-corrected chi connectivity index (χ1v) is 14.6. The van der Waals surface area contributed by atoms with Gasteiger partial charge in [-0.25, -0.2) is 4.79 Å². The predicted octanol–water partition coefficient (Wildman–Crippen LogP) is 4.78. The number of hydrogen-bond acceptors (Lipinski definition) is 8. The first-order chi connectivity index (χ1) is 21.3. The van der Waals surface area contributed by atoms with Gasteiger partial charge in [-0.2, -0.15) is 0 Å². The zero-order valence-electron chi connectivity index (χ0n) is 23.5. The van der Waals surface area contributed by atoms with E-state index < -0.39 is 41.2 Å². The number of non-ortho nitro benzene ring substituents is 1. The lowest BCUT2D eigenvalue weighted by molar-refractivity contribution is -0.384. The molecular weight excluding hydrogens is 564 g/mol. The van der Waals surface area contributed by atoms with Gasteiger partial charge in [-0.15, -0.1) is 0 Å². The van der Waals surface area contributed by atoms with Crippen LogP contribution >= 0.6 is 0 Å². The van der Waals surface area contributed by atoms with Gasteiger partial charge < -0.3 is 9.47 Å². The highest BCUT2D eigenvalue weighted by Gasteiger charge is 2.68. The summed E-state index contributed by atoms with van der Waals surface area (Å²) in [6.07, 6.45) is 5.30. The van der Waals surface area contributed by atoms with E-state index in [0.717, 1.165) is 16.9 Å². The number of imide groups is 1. The number of allylic oxidation sites excluding steroid dienone is 2. The van der Waals surface area contributed by atoms with Gasteiger partial charge in [-0.1, -0.05) is 42.5 Å². The van der Waals surface area contributed by atoms with Gasteiger partial charge in [0.1, 0.15) is 17.5 Å². The van der Waals surface area contributed by atoms with Crippen LogP contribution in [-0.4, -0.2) is 46.0 Å². The molecule has 10 heteroatoms. The number of rotatable bonds is 10. The van der Waals surface area contributed by atoms with Gasteiger partial charge in [0.05, 0.1) is 16.8 Å². The van der Waals surface area contributed by atoms with Crippen molar-refractivity contribution in [2.45, 2.75) is 18.9 Å². The summed E-state index contributed by atoms with van der Waals surface area (Å²) in [5.74, 6) is -1.07. The average molecular weight is 593 g/mol. The molecular formula is C34H28N2O8. The zero-order chi connectivity index (χ0) is 30.5. The van der Waals surface area contributed by atoms with Crippen LogP contribution in [-0.2, 0) is 25.5 Å². The Morgan fingerprint density at radius 2 is 1.41 bits per heavy atom. The molecule has 3 aromatic rings. The van der Waals surface area contributed by atoms with Gasteiger partial charge >= 0.3 is 5.97 Å². The molecule has 1 heterocycles. The molecule has 0 radical (unpaired) electrons. The maximum atomic E-state index is 13.8. The molecule has 222 valence electrons. The molecule has 2 bridgehead atoms. The molecule has 3 fully saturated rings. The topological polar surface area (TPSA) is 133 Å². The van der Waals surface area contributed by atoms with Crippen molar-refractivity contribution < 1.29 is 33.6 Å². The summed E-state index contributed by atoms with van der Waals surface area (Å²) in [7, 11) is 0. The van der Waals surface area contributed by atoms with E-state index in [1.165, 1.54) is 36.4 Å². The van der Waals surface area contributed by atoms with Crippen LogP contribution in [0.25, 0.3) is 0 Å². The fourth-order valence-corrected chi connectivity index (χ4v) is 7.20. The standard InChI is InChI=1S/C34H28N2O8/c37-29(20-6-10-22(11-7-20)44-23-12-8-21(9-13-23)36(41)42)18-43-34(40)28(16-19-4-2-1-3-5-19)35-32(38)30-24-14-15-25(27-17-26(24)27)31(30)33(35)39/h1-15,24-28,30-31H,16-18H2/t24-,25-,26-,27-,28+,30+,31+/m1/s1. The number of nitro groups is 1. The van der Waals surface area contributed by atoms with Crippen LogP contribution in [0.1, 0.15) is 22.3 Å². The molecule has 0 spiro atoms. The van der Waals surface area contributed by atoms with Crippen molar-refractivity contribution in [3.8, 4) is 11.5 Å². The van der Waals surface area contributed by atoms with E-state index in [1.54, 1.807) is 12.1 Å². The number of amides is 2. The highest BCUT2D eigenvalue weighted by atomic mass is 16.6. The van der Waals surface area contributed by atoms with Crippen molar-refractivity contribution in [1.29, 1.82) is 0 Å². The van der Waals surface area contributed by atoms with Crippen LogP contribution < -0.4 is 4.74 Å². The third-order valence-corrected chi connectivity index (χ3v) is 9.36. The second kappa shape index (κ2) is 10.9. The first-order valence-electron chi connectivity index (χ1n) is 14.6. The van der Waals surface area contributed by atoms with Crippen LogP contribution in [0.4, 0.5) is 5.69 Å². The molecule has 10 nitrogen and oxygen atoms in total. The number of hydrogen-bond donors (Lipinski definition) is 0. The van der Waals surface area contributed by atoms with Crippen LogP contribution in [0.3, 0.4) is 0 Å². The van der Waals surface area contributed by atoms with Gasteiger partial charge in [-0.05, 0) is 72.1 Å². The number of carbonyl (C=O) groups is 4. The van der Waals surface area contributed by atoms with Crippen molar-refractivity contribution in [1.82, 2.24) is 4.90 Å². The number of carbonyl (C=O) groups excluding carboxylic acids is 4. The van der Waals surface area contributed by atoms with E-state index in [2.05, 4.69) is 12.2 Å². The lowest BCUT2D eigenvalue weighted by Crippen LogP contribution is -2.48. The Morgan fingerprint density at radius 3 is 1.98 bits per heavy atom. The fourth-order valence-electron chi connectivity index (χ4n) is 7.20. The number of likely N-dealkylation sites (tertiary alicyclic amines) is 1. The summed E-state index contributed by atoms with van der Waals surface area (Å²) >= 11 is 0. The third-order valence-electron chi connectivity index (χ3n) is 9.36. The van der Waals surface area contributed by atoms with E-state index in [9.17, 15) is 29.3 Å². The fraction of sp³-hybridized carbons (Fsp3) is 0.294. The minimum Gasteiger partial charge on any atom is -0.457 e. The minimum absolute atomic E-state index is 0.0267. The van der Waals surface area contributed by atoms with Gasteiger partial charge in [-0.3, -0.25) is 29.4 Å². The van der Waals surface area contributed by atoms with E-state index >= 15 is 0 Å². The van der Waals surface area contributed by atoms with Crippen molar-refractivity contribution >= 4 is 29.3 Å². The molecule has 44 heavy (non-hydrogen) atoms. The lowest BCUT2D eigenvalue weighted by Gasteiger charge is -2.37. The molecule has 2 saturated carbocycles. The number of nitrogens with zero attached hydrogens (tertiary/aromatic N) is 2. The Morgan fingerprint density at radius 1 is 0.841 bits per heavy atom. The Labute approximate surface area is 252 Å². The Hall–Kier alpha value is -5.12. The Kier molecular flexibility index (Phi) is 6.84. The normalized spacial score (nSPS) is 26.5. The summed E-state index contributed by atoms with van der Waals surface area (Å²) in [4.78, 5) is 65.5. The minimum atomic E-state index is -1.18. The second-order valence-corrected chi connectivity index (χ2v) is 11.8. The summed E-state index contributed by atoms with van der Waals surface area (Å²) < 4.78 is 11.2. The maximum Gasteiger partial charge on any atom is 0.330 e. The van der Waals surface area contributed by atoms with Crippen LogP contribution in [0.5, 0.6) is 11.5 Å². The van der Waals surface area contributed by atoms with Gasteiger partial charge in [0.2, 0.25) is 11.8 Å². The van der Waals surface area contributed by atoms with Crippen LogP contribution in [0.15, 0.2) is 91.0 Å². The second-order valence-electron chi connectivity index (χ2n) is 11.8. The van der Waals surface area contributed by atoms with Crippen LogP contribution in [0.2, 0.25) is 0 Å². The Bertz CT molecular complexity index is 1650. The lowest BCUT2D eigenvalue weighted by atomic mass is 9.63. The summed E-state index contributed by atoms with van der Waals surface area (Å²) in [5, 5.41) is 10.8. The number of benzene rings is 3. The van der Waals surface area contributed by atoms with Gasteiger partial charge in [0.25, 0.3) is 5.69 Å². The Balaban J connectivity index is 1.04. The molecule has 5 aliphatic rings. The largest absolute Gasteiger partial charge is 0.457 e. The van der Waals surface area contributed by atoms with Crippen molar-refractivity contribution in [2.24, 2.45) is 35.5 Å². The van der Waals surface area contributed by atoms with Crippen molar-refractivity contribution in [2.75, 3.05) is 6.61 Å². The number of ether oxygens (including phenoxy) is 2. The molecule has 1 saturated heterocycles. The maximum absolute atomic E-state index is 13.8. The van der Waals surface area contributed by atoms with Crippen LogP contribution in [0, 0.1) is 45.6 Å². The molecule has 2 amide bonds. The smallest absolute Gasteiger partial charge is 0.330 e. The monoisotopic (exact) mass is 592 g/mol. The number of Topliss-reactive ketones (excluding diaryl/α,β-unsaturated/α-hetero) is 1. The van der Waals surface area contributed by atoms with Gasteiger partial charge in [0.15, 0.2) is 12.4 Å². The summed E-state index contributed by atoms with van der Waals surface area (Å²) in [5.41, 5.74) is 0.981. The van der Waals surface area contributed by atoms with Gasteiger partial charge in [0, 0.05) is 24.1 Å². The molecule has 0 aromatic heterocycles. The van der Waals surface area contributed by atoms with E-state index in [1.807, 2.05) is 30.3 Å². The molecule has 0 unspecified atom stereocenters. The first kappa shape index (κ1) is 27.7. The predicted molar refractivity (Wildman–Crippen MR) is 155 cm³/mol. The average Bonchev–Trinajstić information content (AvgIpc) is 3.82. The number of nitro benzene ring substituents is 1. The van der Waals surface area contributed by atoms with Crippen molar-refractivity contribution in [3.05, 3.63) is 112 Å². The molecule has 4 aliphatic carbocycles. The van der Waals surface area contributed by atoms with E-state index in [4.69, 9.17) is 9.47 Å². The zero-order valence-corrected chi connectivity index (χ0v) is 23.5. The summed E-state index contributed by atoms with van der Waals surface area (Å²) in [6.45, 7) is -0.563. The number of ketones is 1. The quantitative estimate of drug-likeness (QED) is 0.0821. The molecule has 7 atom stereocenters. The molecule has 1 aliphatic heterocycles. The third kappa shape index (κ3) is 4.86. The van der Waals surface area contributed by atoms with Crippen molar-refractivity contribution in [3.63, 3.8) is 0 Å². The molecule has 3 aromatic carbocycles. The summed E-state index contributed by atoms with van der Waals surface area (Å²) in [6, 6.07) is 19.7. The van der Waals surface area contributed by atoms with E-state index in [-0.39, 0.29) is 41.3 Å². The SMILES string of the molecule is O=C(COC(=O)[C@H](Cc1ccccc1)N1C(=O)[C@H]2[C@@H]3C=C[C@H]([C@H]4C[C@H]34)[C@@H]2C1=O)c1ccc(Oc2ccc([N+](=O)[O-])cc2)cc1. The highest BCUT2D eigenvalue weighted by Crippen LogP contribution is 2.65. The molecule has 0 N–H and O–H groups in total. The molecule has 8 rings (SSSR count). The highest BCUT2D eigenvalue weighted by molar-refractivity contribution is 6.09. The van der Waals surface area contributed by atoms with E-state index in [0.29, 0.717) is 23.3 Å². The number of esters is 1.